The molecule has 2 N–H and O–H groups in total. The van der Waals surface area contributed by atoms with Gasteiger partial charge in [-0.05, 0) is 25.1 Å². The van der Waals surface area contributed by atoms with Crippen molar-refractivity contribution >= 4 is 16.6 Å². The molecule has 5 heteroatoms. The van der Waals surface area contributed by atoms with Gasteiger partial charge in [0.2, 0.25) is 0 Å². The molecule has 1 heterocycles. The molecule has 0 aliphatic heterocycles. The summed E-state index contributed by atoms with van der Waals surface area (Å²) in [6, 6.07) is 6.66. The molecule has 1 aromatic heterocycles. The minimum atomic E-state index is -4.22. The third kappa shape index (κ3) is 3.91. The normalized spacial score (nSPS) is 11.3. The van der Waals surface area contributed by atoms with E-state index < -0.39 is 12.7 Å². The second-order valence-electron chi connectivity index (χ2n) is 4.47. The number of halogens is 3. The molecule has 0 saturated carbocycles. The maximum absolute atomic E-state index is 12.4. The Hall–Kier alpha value is -1.65. The Morgan fingerprint density at radius 2 is 1.79 bits per heavy atom. The average molecular weight is 272 g/mol. The molecule has 0 radical (unpaired) electrons. The largest absolute Gasteiger partial charge is 0.406 e. The Morgan fingerprint density at radius 1 is 1.21 bits per heavy atom. The summed E-state index contributed by atoms with van der Waals surface area (Å²) in [7, 11) is 0. The second kappa shape index (κ2) is 5.99. The molecule has 0 spiro atoms. The van der Waals surface area contributed by atoms with Crippen molar-refractivity contribution in [2.24, 2.45) is 0 Å². The zero-order valence-corrected chi connectivity index (χ0v) is 11.4. The van der Waals surface area contributed by atoms with Crippen LogP contribution in [-0.2, 0) is 6.54 Å². The van der Waals surface area contributed by atoms with E-state index in [0.717, 1.165) is 0 Å². The first-order valence-electron chi connectivity index (χ1n) is 6.21. The SMILES string of the molecule is CCC.Cc1cc2c(N)cccc2n1CC(F)(F)F. The van der Waals surface area contributed by atoms with E-state index in [9.17, 15) is 13.2 Å². The number of fused-ring (bicyclic) bond motifs is 1. The Balaban J connectivity index is 0.000000550. The molecule has 0 amide bonds. The van der Waals surface area contributed by atoms with Crippen molar-refractivity contribution in [3.05, 3.63) is 30.0 Å². The first kappa shape index (κ1) is 15.4. The average Bonchev–Trinajstić information content (AvgIpc) is 2.57. The van der Waals surface area contributed by atoms with Crippen LogP contribution in [0, 0.1) is 6.92 Å². The quantitative estimate of drug-likeness (QED) is 0.761. The van der Waals surface area contributed by atoms with Crippen LogP contribution in [0.4, 0.5) is 18.9 Å². The first-order chi connectivity index (χ1) is 8.80. The summed E-state index contributed by atoms with van der Waals surface area (Å²) < 4.78 is 38.4. The van der Waals surface area contributed by atoms with Crippen molar-refractivity contribution in [1.29, 1.82) is 0 Å². The number of aromatic nitrogens is 1. The summed E-state index contributed by atoms with van der Waals surface area (Å²) in [5, 5.41) is 0.671. The number of hydrogen-bond donors (Lipinski definition) is 1. The van der Waals surface area contributed by atoms with Gasteiger partial charge in [0.25, 0.3) is 0 Å². The highest BCUT2D eigenvalue weighted by Gasteiger charge is 2.29. The molecule has 2 rings (SSSR count). The number of anilines is 1. The number of rotatable bonds is 1. The van der Waals surface area contributed by atoms with E-state index in [0.29, 0.717) is 22.3 Å². The fraction of sp³-hybridized carbons (Fsp3) is 0.429. The van der Waals surface area contributed by atoms with Crippen molar-refractivity contribution in [2.75, 3.05) is 5.73 Å². The van der Waals surface area contributed by atoms with Crippen LogP contribution < -0.4 is 5.73 Å². The molecule has 106 valence electrons. The molecule has 1 aromatic carbocycles. The molecule has 0 saturated heterocycles. The number of nitrogens with two attached hydrogens (primary N) is 1. The van der Waals surface area contributed by atoms with Gasteiger partial charge in [-0.25, -0.2) is 0 Å². The smallest absolute Gasteiger partial charge is 0.398 e. The molecule has 0 atom stereocenters. The monoisotopic (exact) mass is 272 g/mol. The summed E-state index contributed by atoms with van der Waals surface area (Å²) in [5.41, 5.74) is 7.29. The minimum absolute atomic E-state index is 0.501. The standard InChI is InChI=1S/C11H11F3N2.C3H8/c1-7-5-8-9(15)3-2-4-10(8)16(7)6-11(12,13)14;1-3-2/h2-5H,6,15H2,1H3;3H2,1-2H3. The molecule has 2 nitrogen and oxygen atoms in total. The number of nitrogen functional groups attached to an aromatic ring is 1. The van der Waals surface area contributed by atoms with Crippen LogP contribution in [0.25, 0.3) is 10.9 Å². The van der Waals surface area contributed by atoms with Crippen molar-refractivity contribution in [2.45, 2.75) is 39.9 Å². The van der Waals surface area contributed by atoms with E-state index in [2.05, 4.69) is 13.8 Å². The van der Waals surface area contributed by atoms with E-state index in [1.54, 1.807) is 31.2 Å². The zero-order chi connectivity index (χ0) is 14.6. The van der Waals surface area contributed by atoms with E-state index >= 15 is 0 Å². The molecule has 19 heavy (non-hydrogen) atoms. The molecule has 0 bridgehead atoms. The molecule has 0 unspecified atom stereocenters. The second-order valence-corrected chi connectivity index (χ2v) is 4.47. The van der Waals surface area contributed by atoms with E-state index in [-0.39, 0.29) is 0 Å². The highest BCUT2D eigenvalue weighted by molar-refractivity contribution is 5.92. The maximum Gasteiger partial charge on any atom is 0.406 e. The molecule has 0 aliphatic carbocycles. The molecular weight excluding hydrogens is 253 g/mol. The summed E-state index contributed by atoms with van der Waals surface area (Å²) in [5.74, 6) is 0. The molecular formula is C14H19F3N2. The summed E-state index contributed by atoms with van der Waals surface area (Å²) in [6.45, 7) is 4.91. The lowest BCUT2D eigenvalue weighted by Gasteiger charge is -2.11. The number of hydrogen-bond acceptors (Lipinski definition) is 1. The van der Waals surface area contributed by atoms with Crippen LogP contribution in [0.3, 0.4) is 0 Å². The van der Waals surface area contributed by atoms with Gasteiger partial charge in [0, 0.05) is 16.8 Å². The number of aryl methyl sites for hydroxylation is 1. The zero-order valence-electron chi connectivity index (χ0n) is 11.4. The van der Waals surface area contributed by atoms with Gasteiger partial charge in [-0.3, -0.25) is 0 Å². The van der Waals surface area contributed by atoms with Gasteiger partial charge in [-0.15, -0.1) is 0 Å². The highest BCUT2D eigenvalue weighted by Crippen LogP contribution is 2.28. The van der Waals surface area contributed by atoms with Gasteiger partial charge in [-0.2, -0.15) is 13.2 Å². The van der Waals surface area contributed by atoms with Gasteiger partial charge in [0.1, 0.15) is 6.54 Å². The van der Waals surface area contributed by atoms with Crippen molar-refractivity contribution < 1.29 is 13.2 Å². The van der Waals surface area contributed by atoms with Crippen LogP contribution >= 0.6 is 0 Å². The van der Waals surface area contributed by atoms with E-state index in [1.807, 2.05) is 0 Å². The predicted octanol–water partition coefficient (Wildman–Crippen LogP) is 4.51. The Bertz CT molecular complexity index is 541. The van der Waals surface area contributed by atoms with Gasteiger partial charge >= 0.3 is 6.18 Å². The highest BCUT2D eigenvalue weighted by atomic mass is 19.4. The van der Waals surface area contributed by atoms with Crippen LogP contribution in [0.15, 0.2) is 24.3 Å². The number of nitrogens with zero attached hydrogens (tertiary/aromatic N) is 1. The van der Waals surface area contributed by atoms with Crippen molar-refractivity contribution in [1.82, 2.24) is 4.57 Å². The lowest BCUT2D eigenvalue weighted by atomic mass is 10.2. The summed E-state index contributed by atoms with van der Waals surface area (Å²) in [4.78, 5) is 0. The third-order valence-electron chi connectivity index (χ3n) is 2.52. The van der Waals surface area contributed by atoms with Crippen LogP contribution in [0.5, 0.6) is 0 Å². The first-order valence-corrected chi connectivity index (χ1v) is 6.21. The third-order valence-corrected chi connectivity index (χ3v) is 2.52. The Kier molecular flexibility index (Phi) is 4.86. The van der Waals surface area contributed by atoms with Gasteiger partial charge in [-0.1, -0.05) is 26.3 Å². The Morgan fingerprint density at radius 3 is 2.32 bits per heavy atom. The fourth-order valence-corrected chi connectivity index (χ4v) is 1.83. The predicted molar refractivity (Wildman–Crippen MR) is 73.1 cm³/mol. The van der Waals surface area contributed by atoms with Crippen molar-refractivity contribution in [3.8, 4) is 0 Å². The van der Waals surface area contributed by atoms with Crippen LogP contribution in [0.2, 0.25) is 0 Å². The fourth-order valence-electron chi connectivity index (χ4n) is 1.83. The van der Waals surface area contributed by atoms with Crippen molar-refractivity contribution in [3.63, 3.8) is 0 Å². The van der Waals surface area contributed by atoms with Crippen LogP contribution in [0.1, 0.15) is 26.0 Å². The molecule has 0 aliphatic rings. The van der Waals surface area contributed by atoms with Gasteiger partial charge in [0.15, 0.2) is 0 Å². The topological polar surface area (TPSA) is 30.9 Å². The number of benzene rings is 1. The molecule has 0 fully saturated rings. The molecule has 2 aromatic rings. The minimum Gasteiger partial charge on any atom is -0.398 e. The van der Waals surface area contributed by atoms with Gasteiger partial charge < -0.3 is 10.3 Å². The summed E-state index contributed by atoms with van der Waals surface area (Å²) in [6.07, 6.45) is -2.97. The number of alkyl halides is 3. The van der Waals surface area contributed by atoms with E-state index in [1.165, 1.54) is 11.0 Å². The Labute approximate surface area is 111 Å². The van der Waals surface area contributed by atoms with Crippen LogP contribution in [-0.4, -0.2) is 10.7 Å². The van der Waals surface area contributed by atoms with E-state index in [4.69, 9.17) is 5.73 Å². The lowest BCUT2D eigenvalue weighted by molar-refractivity contribution is -0.140. The lowest BCUT2D eigenvalue weighted by Crippen LogP contribution is -2.18. The van der Waals surface area contributed by atoms with Gasteiger partial charge in [0.05, 0.1) is 5.52 Å². The maximum atomic E-state index is 12.4. The summed E-state index contributed by atoms with van der Waals surface area (Å²) >= 11 is 0.